The van der Waals surface area contributed by atoms with Crippen LogP contribution in [0.4, 0.5) is 16.2 Å². The Morgan fingerprint density at radius 2 is 1.75 bits per heavy atom. The van der Waals surface area contributed by atoms with Crippen molar-refractivity contribution in [2.75, 3.05) is 23.4 Å². The smallest absolute Gasteiger partial charge is 0.414 e. The van der Waals surface area contributed by atoms with Crippen molar-refractivity contribution < 1.29 is 19.1 Å². The quantitative estimate of drug-likeness (QED) is 0.835. The Morgan fingerprint density at radius 3 is 2.29 bits per heavy atom. The van der Waals surface area contributed by atoms with Gasteiger partial charge in [-0.05, 0) is 54.3 Å². The maximum Gasteiger partial charge on any atom is 0.414 e. The van der Waals surface area contributed by atoms with Gasteiger partial charge in [-0.25, -0.2) is 4.79 Å². The van der Waals surface area contributed by atoms with Gasteiger partial charge in [-0.1, -0.05) is 32.9 Å². The number of ether oxygens (including phenoxy) is 2. The molecule has 2 amide bonds. The van der Waals surface area contributed by atoms with Gasteiger partial charge in [0.25, 0.3) is 5.91 Å². The van der Waals surface area contributed by atoms with Gasteiger partial charge in [0.1, 0.15) is 12.4 Å². The molecular formula is C22H26N2O4. The summed E-state index contributed by atoms with van der Waals surface area (Å²) in [6.45, 7) is 9.08. The van der Waals surface area contributed by atoms with Gasteiger partial charge >= 0.3 is 6.09 Å². The van der Waals surface area contributed by atoms with E-state index in [2.05, 4.69) is 26.1 Å². The average molecular weight is 382 g/mol. The lowest BCUT2D eigenvalue weighted by Crippen LogP contribution is -2.30. The first-order chi connectivity index (χ1) is 13.2. The molecule has 1 aliphatic rings. The van der Waals surface area contributed by atoms with Crippen molar-refractivity contribution in [3.8, 4) is 5.75 Å². The Kier molecular flexibility index (Phi) is 5.58. The summed E-state index contributed by atoms with van der Waals surface area (Å²) >= 11 is 0. The fraction of sp³-hybridized carbons (Fsp3) is 0.364. The molecule has 0 radical (unpaired) electrons. The SMILES string of the molecule is CC(Oc1ccc(C(C)(C)C)cc1)C(=O)Nc1ccc(N2CCOC2=O)cc1. The first kappa shape index (κ1) is 19.7. The number of hydrogen-bond acceptors (Lipinski definition) is 4. The molecule has 1 unspecified atom stereocenters. The molecule has 148 valence electrons. The Balaban J connectivity index is 1.57. The number of nitrogens with zero attached hydrogens (tertiary/aromatic N) is 1. The fourth-order valence-corrected chi connectivity index (χ4v) is 2.89. The van der Waals surface area contributed by atoms with E-state index < -0.39 is 6.10 Å². The summed E-state index contributed by atoms with van der Waals surface area (Å²) in [4.78, 5) is 25.6. The van der Waals surface area contributed by atoms with Crippen LogP contribution in [0.1, 0.15) is 33.3 Å². The lowest BCUT2D eigenvalue weighted by molar-refractivity contribution is -0.122. The van der Waals surface area contributed by atoms with Crippen molar-refractivity contribution in [2.24, 2.45) is 0 Å². The van der Waals surface area contributed by atoms with E-state index in [1.54, 1.807) is 36.1 Å². The molecule has 3 rings (SSSR count). The minimum Gasteiger partial charge on any atom is -0.481 e. The summed E-state index contributed by atoms with van der Waals surface area (Å²) in [5.74, 6) is 0.409. The fourth-order valence-electron chi connectivity index (χ4n) is 2.89. The highest BCUT2D eigenvalue weighted by Gasteiger charge is 2.23. The number of amides is 2. The van der Waals surface area contributed by atoms with E-state index in [1.807, 2.05) is 24.3 Å². The van der Waals surface area contributed by atoms with Crippen LogP contribution in [-0.4, -0.2) is 31.3 Å². The van der Waals surface area contributed by atoms with Crippen LogP contribution in [0.2, 0.25) is 0 Å². The van der Waals surface area contributed by atoms with Crippen molar-refractivity contribution in [3.63, 3.8) is 0 Å². The number of anilines is 2. The van der Waals surface area contributed by atoms with E-state index >= 15 is 0 Å². The van der Waals surface area contributed by atoms with Gasteiger partial charge in [0.15, 0.2) is 6.10 Å². The van der Waals surface area contributed by atoms with E-state index in [1.165, 1.54) is 5.56 Å². The van der Waals surface area contributed by atoms with Crippen LogP contribution in [0.15, 0.2) is 48.5 Å². The highest BCUT2D eigenvalue weighted by molar-refractivity contribution is 5.95. The molecule has 1 aliphatic heterocycles. The third-order valence-corrected chi connectivity index (χ3v) is 4.61. The molecule has 1 fully saturated rings. The van der Waals surface area contributed by atoms with Crippen molar-refractivity contribution in [3.05, 3.63) is 54.1 Å². The maximum absolute atomic E-state index is 12.4. The number of hydrogen-bond donors (Lipinski definition) is 1. The van der Waals surface area contributed by atoms with Gasteiger partial charge in [-0.2, -0.15) is 0 Å². The van der Waals surface area contributed by atoms with Gasteiger partial charge in [0.05, 0.1) is 6.54 Å². The second kappa shape index (κ2) is 7.92. The molecule has 0 aromatic heterocycles. The Morgan fingerprint density at radius 1 is 1.11 bits per heavy atom. The van der Waals surface area contributed by atoms with E-state index in [-0.39, 0.29) is 17.4 Å². The molecule has 1 heterocycles. The van der Waals surface area contributed by atoms with E-state index in [9.17, 15) is 9.59 Å². The Labute approximate surface area is 165 Å². The summed E-state index contributed by atoms with van der Waals surface area (Å²) in [6, 6.07) is 14.9. The second-order valence-corrected chi connectivity index (χ2v) is 7.84. The summed E-state index contributed by atoms with van der Waals surface area (Å²) < 4.78 is 10.7. The number of carbonyl (C=O) groups is 2. The van der Waals surface area contributed by atoms with Crippen molar-refractivity contribution >= 4 is 23.4 Å². The van der Waals surface area contributed by atoms with Crippen molar-refractivity contribution in [1.29, 1.82) is 0 Å². The Hall–Kier alpha value is -3.02. The highest BCUT2D eigenvalue weighted by atomic mass is 16.6. The molecule has 1 atom stereocenters. The number of benzene rings is 2. The zero-order valence-electron chi connectivity index (χ0n) is 16.7. The van der Waals surface area contributed by atoms with Gasteiger partial charge in [0, 0.05) is 11.4 Å². The summed E-state index contributed by atoms with van der Waals surface area (Å²) in [5.41, 5.74) is 2.65. The van der Waals surface area contributed by atoms with E-state index in [4.69, 9.17) is 9.47 Å². The van der Waals surface area contributed by atoms with Crippen molar-refractivity contribution in [1.82, 2.24) is 0 Å². The number of rotatable bonds is 5. The summed E-state index contributed by atoms with van der Waals surface area (Å²) in [5, 5.41) is 2.83. The predicted molar refractivity (Wildman–Crippen MR) is 109 cm³/mol. The topological polar surface area (TPSA) is 67.9 Å². The lowest BCUT2D eigenvalue weighted by Gasteiger charge is -2.20. The standard InChI is InChI=1S/C22H26N2O4/c1-15(28-19-11-5-16(6-12-19)22(2,3)4)20(25)23-17-7-9-18(10-8-17)24-13-14-27-21(24)26/h5-12,15H,13-14H2,1-4H3,(H,23,25). The number of carbonyl (C=O) groups excluding carboxylic acids is 2. The monoisotopic (exact) mass is 382 g/mol. The van der Waals surface area contributed by atoms with Gasteiger partial charge in [0.2, 0.25) is 0 Å². The molecular weight excluding hydrogens is 356 g/mol. The van der Waals surface area contributed by atoms with Crippen LogP contribution in [-0.2, 0) is 14.9 Å². The first-order valence-corrected chi connectivity index (χ1v) is 9.36. The second-order valence-electron chi connectivity index (χ2n) is 7.84. The lowest BCUT2D eigenvalue weighted by atomic mass is 9.87. The highest BCUT2D eigenvalue weighted by Crippen LogP contribution is 2.25. The first-order valence-electron chi connectivity index (χ1n) is 9.36. The molecule has 6 heteroatoms. The molecule has 6 nitrogen and oxygen atoms in total. The molecule has 0 aliphatic carbocycles. The van der Waals surface area contributed by atoms with Gasteiger partial charge < -0.3 is 14.8 Å². The molecule has 0 spiro atoms. The van der Waals surface area contributed by atoms with Crippen LogP contribution >= 0.6 is 0 Å². The van der Waals surface area contributed by atoms with Crippen molar-refractivity contribution in [2.45, 2.75) is 39.2 Å². The van der Waals surface area contributed by atoms with Crippen LogP contribution in [0.3, 0.4) is 0 Å². The zero-order valence-corrected chi connectivity index (χ0v) is 16.7. The van der Waals surface area contributed by atoms with Gasteiger partial charge in [-0.15, -0.1) is 0 Å². The van der Waals surface area contributed by atoms with Gasteiger partial charge in [-0.3, -0.25) is 9.69 Å². The Bertz CT molecular complexity index is 838. The molecule has 2 aromatic rings. The summed E-state index contributed by atoms with van der Waals surface area (Å²) in [7, 11) is 0. The molecule has 1 saturated heterocycles. The maximum atomic E-state index is 12.4. The van der Waals surface area contributed by atoms with Crippen LogP contribution in [0.25, 0.3) is 0 Å². The normalized spacial score (nSPS) is 15.1. The predicted octanol–water partition coefficient (Wildman–Crippen LogP) is 4.35. The largest absolute Gasteiger partial charge is 0.481 e. The average Bonchev–Trinajstić information content (AvgIpc) is 3.08. The molecule has 0 saturated carbocycles. The van der Waals surface area contributed by atoms with Crippen LogP contribution < -0.4 is 15.0 Å². The molecule has 28 heavy (non-hydrogen) atoms. The van der Waals surface area contributed by atoms with Crippen LogP contribution in [0, 0.1) is 0 Å². The van der Waals surface area contributed by atoms with Crippen LogP contribution in [0.5, 0.6) is 5.75 Å². The molecule has 1 N–H and O–H groups in total. The third kappa shape index (κ3) is 4.63. The van der Waals surface area contributed by atoms with E-state index in [0.29, 0.717) is 24.6 Å². The molecule has 0 bridgehead atoms. The zero-order chi connectivity index (χ0) is 20.3. The number of cyclic esters (lactones) is 1. The minimum atomic E-state index is -0.645. The third-order valence-electron chi connectivity index (χ3n) is 4.61. The van der Waals surface area contributed by atoms with E-state index in [0.717, 1.165) is 5.69 Å². The molecule has 2 aromatic carbocycles. The summed E-state index contributed by atoms with van der Waals surface area (Å²) in [6.07, 6.45) is -0.995. The minimum absolute atomic E-state index is 0.0689. The number of nitrogens with one attached hydrogen (secondary N) is 1.